The number of rotatable bonds is 5. The summed E-state index contributed by atoms with van der Waals surface area (Å²) >= 11 is 0. The second-order valence-corrected chi connectivity index (χ2v) is 6.36. The molecule has 0 aromatic heterocycles. The van der Waals surface area contributed by atoms with Gasteiger partial charge in [0, 0.05) is 12.6 Å². The smallest absolute Gasteiger partial charge is 0.234 e. The Bertz CT molecular complexity index is 290. The van der Waals surface area contributed by atoms with E-state index in [1.807, 2.05) is 7.05 Å². The lowest BCUT2D eigenvalue weighted by Crippen LogP contribution is -2.43. The summed E-state index contributed by atoms with van der Waals surface area (Å²) in [7, 11) is 1.98. The number of aliphatic hydroxyl groups excluding tert-OH is 1. The van der Waals surface area contributed by atoms with E-state index in [2.05, 4.69) is 10.2 Å². The van der Waals surface area contributed by atoms with Gasteiger partial charge >= 0.3 is 0 Å². The Labute approximate surface area is 116 Å². The molecule has 2 aliphatic rings. The summed E-state index contributed by atoms with van der Waals surface area (Å²) < 4.78 is 0. The molecule has 2 fully saturated rings. The summed E-state index contributed by atoms with van der Waals surface area (Å²) in [6, 6.07) is 0.395. The lowest BCUT2D eigenvalue weighted by atomic mass is 9.95. The van der Waals surface area contributed by atoms with Crippen LogP contribution in [0.15, 0.2) is 0 Å². The molecule has 2 atom stereocenters. The van der Waals surface area contributed by atoms with Gasteiger partial charge in [-0.15, -0.1) is 0 Å². The number of hydrogen-bond acceptors (Lipinski definition) is 3. The van der Waals surface area contributed by atoms with Crippen molar-refractivity contribution < 1.29 is 9.90 Å². The molecule has 0 bridgehead atoms. The fraction of sp³-hybridized carbons (Fsp3) is 0.933. The van der Waals surface area contributed by atoms with Gasteiger partial charge in [-0.2, -0.15) is 0 Å². The topological polar surface area (TPSA) is 52.6 Å². The number of hydrogen-bond donors (Lipinski definition) is 2. The van der Waals surface area contributed by atoms with Gasteiger partial charge in [0.15, 0.2) is 0 Å². The van der Waals surface area contributed by atoms with Crippen LogP contribution in [0.2, 0.25) is 0 Å². The molecule has 4 heteroatoms. The summed E-state index contributed by atoms with van der Waals surface area (Å²) in [5, 5.41) is 12.9. The molecule has 2 rings (SSSR count). The molecule has 2 unspecified atom stereocenters. The van der Waals surface area contributed by atoms with Gasteiger partial charge < -0.3 is 10.4 Å². The number of carbonyl (C=O) groups is 1. The molecule has 0 aromatic rings. The maximum absolute atomic E-state index is 12.0. The highest BCUT2D eigenvalue weighted by Gasteiger charge is 2.26. The van der Waals surface area contributed by atoms with Crippen LogP contribution in [0, 0.1) is 5.92 Å². The fourth-order valence-corrected chi connectivity index (χ4v) is 3.46. The Morgan fingerprint density at radius 3 is 2.53 bits per heavy atom. The van der Waals surface area contributed by atoms with Gasteiger partial charge in [0.2, 0.25) is 5.91 Å². The first-order valence-electron chi connectivity index (χ1n) is 7.81. The van der Waals surface area contributed by atoms with Crippen molar-refractivity contribution in [1.82, 2.24) is 10.2 Å². The molecular weight excluding hydrogens is 240 g/mol. The van der Waals surface area contributed by atoms with Crippen molar-refractivity contribution in [3.63, 3.8) is 0 Å². The third-order valence-electron chi connectivity index (χ3n) is 4.55. The Kier molecular flexibility index (Phi) is 5.64. The molecule has 0 aromatic carbocycles. The third kappa shape index (κ3) is 4.77. The van der Waals surface area contributed by atoms with Crippen LogP contribution in [0.3, 0.4) is 0 Å². The van der Waals surface area contributed by atoms with Gasteiger partial charge in [-0.05, 0) is 38.6 Å². The van der Waals surface area contributed by atoms with Crippen molar-refractivity contribution in [2.75, 3.05) is 20.1 Å². The van der Waals surface area contributed by atoms with E-state index in [1.165, 1.54) is 19.3 Å². The van der Waals surface area contributed by atoms with Gasteiger partial charge in [-0.25, -0.2) is 0 Å². The molecule has 110 valence electrons. The average molecular weight is 268 g/mol. The van der Waals surface area contributed by atoms with Crippen molar-refractivity contribution in [2.45, 2.75) is 63.5 Å². The van der Waals surface area contributed by atoms with Crippen LogP contribution < -0.4 is 5.32 Å². The van der Waals surface area contributed by atoms with E-state index in [0.29, 0.717) is 18.5 Å². The number of amides is 1. The zero-order valence-electron chi connectivity index (χ0n) is 12.1. The molecule has 0 saturated heterocycles. The number of nitrogens with zero attached hydrogens (tertiary/aromatic N) is 1. The number of nitrogens with one attached hydrogen (secondary N) is 1. The highest BCUT2D eigenvalue weighted by atomic mass is 16.3. The van der Waals surface area contributed by atoms with Crippen LogP contribution in [0.5, 0.6) is 0 Å². The fourth-order valence-electron chi connectivity index (χ4n) is 3.46. The Morgan fingerprint density at radius 2 is 1.89 bits per heavy atom. The van der Waals surface area contributed by atoms with Crippen LogP contribution in [0.1, 0.15) is 51.4 Å². The SMILES string of the molecule is CN(CC(=O)NC1CCCCC1)CC1CCCC1O. The van der Waals surface area contributed by atoms with Crippen molar-refractivity contribution in [1.29, 1.82) is 0 Å². The molecule has 2 aliphatic carbocycles. The van der Waals surface area contributed by atoms with E-state index >= 15 is 0 Å². The highest BCUT2D eigenvalue weighted by molar-refractivity contribution is 5.78. The van der Waals surface area contributed by atoms with Crippen molar-refractivity contribution in [3.05, 3.63) is 0 Å². The minimum absolute atomic E-state index is 0.141. The van der Waals surface area contributed by atoms with Gasteiger partial charge in [-0.3, -0.25) is 9.69 Å². The molecule has 19 heavy (non-hydrogen) atoms. The number of likely N-dealkylation sites (N-methyl/N-ethyl adjacent to an activating group) is 1. The summed E-state index contributed by atoms with van der Waals surface area (Å²) in [6.07, 6.45) is 9.05. The van der Waals surface area contributed by atoms with E-state index in [9.17, 15) is 9.90 Å². The van der Waals surface area contributed by atoms with Crippen LogP contribution in [0.25, 0.3) is 0 Å². The minimum Gasteiger partial charge on any atom is -0.393 e. The lowest BCUT2D eigenvalue weighted by molar-refractivity contribution is -0.123. The quantitative estimate of drug-likeness (QED) is 0.795. The van der Waals surface area contributed by atoms with Crippen molar-refractivity contribution in [3.8, 4) is 0 Å². The van der Waals surface area contributed by atoms with E-state index in [0.717, 1.165) is 38.6 Å². The molecule has 0 heterocycles. The summed E-state index contributed by atoms with van der Waals surface area (Å²) in [6.45, 7) is 1.29. The maximum Gasteiger partial charge on any atom is 0.234 e. The standard InChI is InChI=1S/C15H28N2O2/c1-17(10-12-6-5-9-14(12)18)11-15(19)16-13-7-3-2-4-8-13/h12-14,18H,2-11H2,1H3,(H,16,19). The monoisotopic (exact) mass is 268 g/mol. The predicted octanol–water partition coefficient (Wildman–Crippen LogP) is 1.53. The van der Waals surface area contributed by atoms with E-state index < -0.39 is 0 Å². The number of carbonyl (C=O) groups excluding carboxylic acids is 1. The Hall–Kier alpha value is -0.610. The molecule has 1 amide bonds. The first kappa shape index (κ1) is 14.8. The van der Waals surface area contributed by atoms with Gasteiger partial charge in [0.05, 0.1) is 12.6 Å². The van der Waals surface area contributed by atoms with Crippen LogP contribution in [-0.2, 0) is 4.79 Å². The molecular formula is C15H28N2O2. The van der Waals surface area contributed by atoms with Gasteiger partial charge in [0.25, 0.3) is 0 Å². The summed E-state index contributed by atoms with van der Waals surface area (Å²) in [5.74, 6) is 0.495. The number of aliphatic hydroxyl groups is 1. The van der Waals surface area contributed by atoms with E-state index in [1.54, 1.807) is 0 Å². The first-order valence-corrected chi connectivity index (χ1v) is 7.81. The minimum atomic E-state index is -0.163. The molecule has 0 radical (unpaired) electrons. The zero-order chi connectivity index (χ0) is 13.7. The molecule has 4 nitrogen and oxygen atoms in total. The maximum atomic E-state index is 12.0. The molecule has 2 saturated carbocycles. The van der Waals surface area contributed by atoms with Gasteiger partial charge in [-0.1, -0.05) is 25.7 Å². The van der Waals surface area contributed by atoms with Crippen molar-refractivity contribution >= 4 is 5.91 Å². The third-order valence-corrected chi connectivity index (χ3v) is 4.55. The Morgan fingerprint density at radius 1 is 1.16 bits per heavy atom. The lowest BCUT2D eigenvalue weighted by Gasteiger charge is -2.26. The molecule has 0 spiro atoms. The van der Waals surface area contributed by atoms with Gasteiger partial charge in [0.1, 0.15) is 0 Å². The Balaban J connectivity index is 1.66. The molecule has 0 aliphatic heterocycles. The normalized spacial score (nSPS) is 28.8. The second-order valence-electron chi connectivity index (χ2n) is 6.36. The zero-order valence-corrected chi connectivity index (χ0v) is 12.1. The van der Waals surface area contributed by atoms with E-state index in [-0.39, 0.29) is 12.0 Å². The summed E-state index contributed by atoms with van der Waals surface area (Å²) in [4.78, 5) is 14.0. The van der Waals surface area contributed by atoms with Crippen LogP contribution in [0.4, 0.5) is 0 Å². The van der Waals surface area contributed by atoms with Crippen LogP contribution in [-0.4, -0.2) is 48.2 Å². The van der Waals surface area contributed by atoms with Crippen molar-refractivity contribution in [2.24, 2.45) is 5.92 Å². The predicted molar refractivity (Wildman–Crippen MR) is 75.9 cm³/mol. The van der Waals surface area contributed by atoms with E-state index in [4.69, 9.17) is 0 Å². The van der Waals surface area contributed by atoms with Crippen LogP contribution >= 0.6 is 0 Å². The highest BCUT2D eigenvalue weighted by Crippen LogP contribution is 2.25. The second kappa shape index (κ2) is 7.25. The largest absolute Gasteiger partial charge is 0.393 e. The molecule has 2 N–H and O–H groups in total. The average Bonchev–Trinajstić information content (AvgIpc) is 2.76. The first-order chi connectivity index (χ1) is 9.15. The summed E-state index contributed by atoms with van der Waals surface area (Å²) in [5.41, 5.74) is 0.